The lowest BCUT2D eigenvalue weighted by atomic mass is 9.69. The van der Waals surface area contributed by atoms with Gasteiger partial charge in [-0.15, -0.1) is 11.3 Å². The largest absolute Gasteiger partial charge is 1.20 e. The zero-order valence-electron chi connectivity index (χ0n) is 51.7. The number of pyridine rings is 3. The number of fused-ring (bicyclic) bond motifs is 12. The molecule has 10 nitrogen and oxygen atoms in total. The highest BCUT2D eigenvalue weighted by atomic mass is 32.1. The van der Waals surface area contributed by atoms with Gasteiger partial charge in [0.25, 0.3) is 0 Å². The first-order valence-corrected chi connectivity index (χ1v) is 33.9. The van der Waals surface area contributed by atoms with Gasteiger partial charge in [0.2, 0.25) is 0 Å². The van der Waals surface area contributed by atoms with E-state index in [-0.39, 0.29) is 16.5 Å². The molecule has 5 aromatic heterocycles. The molecule has 0 aliphatic carbocycles. The quantitative estimate of drug-likeness (QED) is 0.0662. The first-order chi connectivity index (χ1) is 45.5. The molecule has 0 saturated heterocycles. The standard InChI is InChI=1S/C28H16.C26H26N2O2S.3C9H7NO.Al/c1-3-9-19-17(7-1)15-25-23-13-6-12-22-20-10-4-2-8-18(20)16-26(28(22)23)24-14-5-11-21(19)27(24)25;1-25(2)9-11-28-12-10-26(3,4)20-21(28)17(25)14-15-13-16(24(29)30-22(15)20)23-27-18-7-5-6-8-19(18)31-23;3*11-8-5-1-3-7-4-2-6-10-9(7)8;/h1-16H;5-8,13-14H,9-12H2,1-4H3;3*1-6,11H;/q;;;;;+3/p-3. The van der Waals surface area contributed by atoms with Crippen LogP contribution < -0.4 is 21.9 Å². The SMILES string of the molecule is CC1(C)CCN2CCC(C)(C)c3c2c1cc1cc(-c2nc4ccccc4s2)c(=O)oc31.c1ccc2c(c1)cc1c3cccc4c5ccccc5cc(c5cccc2c51)c43.c1cnc2c([O][Al]([O]c3cccc4cccnc34)[O]c3cccc4cccnc34)cccc2c1. The normalized spacial score (nSPS) is 14.0. The Labute approximate surface area is 544 Å². The van der Waals surface area contributed by atoms with Gasteiger partial charge in [-0.2, -0.15) is 0 Å². The van der Waals surface area contributed by atoms with Crippen LogP contribution in [-0.4, -0.2) is 48.2 Å². The van der Waals surface area contributed by atoms with E-state index in [0.717, 1.165) is 84.8 Å². The van der Waals surface area contributed by atoms with Crippen LogP contribution in [0.2, 0.25) is 0 Å². The van der Waals surface area contributed by atoms with Gasteiger partial charge in [0.05, 0.1) is 15.8 Å². The third-order valence-corrected chi connectivity index (χ3v) is 21.5. The minimum absolute atomic E-state index is 0.0408. The number of hydrogen-bond acceptors (Lipinski definition) is 11. The summed E-state index contributed by atoms with van der Waals surface area (Å²) in [7, 11) is 0. The van der Waals surface area contributed by atoms with Crippen LogP contribution in [0.4, 0.5) is 5.69 Å². The van der Waals surface area contributed by atoms with Crippen molar-refractivity contribution in [3.8, 4) is 27.8 Å². The van der Waals surface area contributed by atoms with Crippen molar-refractivity contribution in [2.24, 2.45) is 0 Å². The molecule has 17 aromatic rings. The monoisotopic (exact) mass is 1240 g/mol. The van der Waals surface area contributed by atoms with Gasteiger partial charge in [0.1, 0.15) is 44.4 Å². The van der Waals surface area contributed by atoms with Crippen molar-refractivity contribution in [2.75, 3.05) is 18.0 Å². The average molecular weight is 1240 g/mol. The van der Waals surface area contributed by atoms with Crippen LogP contribution in [0.1, 0.15) is 51.7 Å². The van der Waals surface area contributed by atoms with Crippen LogP contribution in [0.5, 0.6) is 17.2 Å². The van der Waals surface area contributed by atoms with E-state index in [0.29, 0.717) is 22.8 Å². The van der Waals surface area contributed by atoms with Gasteiger partial charge in [0.15, 0.2) is 0 Å². The fourth-order valence-corrected chi connectivity index (χ4v) is 16.7. The van der Waals surface area contributed by atoms with Gasteiger partial charge < -0.3 is 20.7 Å². The van der Waals surface area contributed by atoms with Gasteiger partial charge >= 0.3 is 20.8 Å². The van der Waals surface area contributed by atoms with Gasteiger partial charge in [0, 0.05) is 64.5 Å². The molecule has 0 N–H and O–H groups in total. The Balaban J connectivity index is 0.000000107. The average Bonchev–Trinajstić information content (AvgIpc) is 1.61. The Morgan fingerprint density at radius 3 is 1.42 bits per heavy atom. The van der Waals surface area contributed by atoms with Crippen molar-refractivity contribution in [1.29, 1.82) is 0 Å². The predicted molar refractivity (Wildman–Crippen MR) is 384 cm³/mol. The topological polar surface area (TPSA) is 113 Å². The second-order valence-electron chi connectivity index (χ2n) is 25.6. The van der Waals surface area contributed by atoms with Crippen LogP contribution >= 0.6 is 11.3 Å². The summed E-state index contributed by atoms with van der Waals surface area (Å²) < 4.78 is 26.4. The lowest BCUT2D eigenvalue weighted by Gasteiger charge is -2.48. The molecule has 2 aliphatic heterocycles. The van der Waals surface area contributed by atoms with Crippen LogP contribution in [0.3, 0.4) is 0 Å². The van der Waals surface area contributed by atoms with Crippen molar-refractivity contribution < 1.29 is 15.8 Å². The fourth-order valence-electron chi connectivity index (χ4n) is 14.4. The Hall–Kier alpha value is -10.5. The van der Waals surface area contributed by atoms with Crippen LogP contribution in [0.25, 0.3) is 129 Å². The third-order valence-electron chi connectivity index (χ3n) is 19.1. The van der Waals surface area contributed by atoms with Crippen molar-refractivity contribution in [3.05, 3.63) is 265 Å². The predicted octanol–water partition coefficient (Wildman–Crippen LogP) is 20.1. The van der Waals surface area contributed by atoms with Crippen molar-refractivity contribution in [1.82, 2.24) is 19.9 Å². The molecule has 12 aromatic carbocycles. The maximum atomic E-state index is 13.2. The summed E-state index contributed by atoms with van der Waals surface area (Å²) in [5.74, 6) is 1.82. The van der Waals surface area contributed by atoms with Gasteiger partial charge in [-0.05, 0) is 167 Å². The van der Waals surface area contributed by atoms with Crippen molar-refractivity contribution in [2.45, 2.75) is 51.4 Å². The van der Waals surface area contributed by atoms with E-state index >= 15 is 0 Å². The summed E-state index contributed by atoms with van der Waals surface area (Å²) in [6.07, 6.45) is 7.43. The van der Waals surface area contributed by atoms with Gasteiger partial charge in [-0.3, -0.25) is 15.0 Å². The molecule has 12 heteroatoms. The Morgan fingerprint density at radius 1 is 0.452 bits per heavy atom. The number of rotatable bonds is 7. The highest BCUT2D eigenvalue weighted by Gasteiger charge is 2.46. The molecule has 0 bridgehead atoms. The summed E-state index contributed by atoms with van der Waals surface area (Å²) >= 11 is -1.31. The lowest BCUT2D eigenvalue weighted by molar-refractivity contribution is 0.311. The maximum absolute atomic E-state index is 13.2. The number of nitrogens with zero attached hydrogens (tertiary/aromatic N) is 5. The molecular weight excluding hydrogens is 1180 g/mol. The number of hydrogen-bond donors (Lipinski definition) is 0. The van der Waals surface area contributed by atoms with E-state index in [1.807, 2.05) is 121 Å². The zero-order chi connectivity index (χ0) is 62.5. The van der Waals surface area contributed by atoms with E-state index in [1.54, 1.807) is 29.9 Å². The van der Waals surface area contributed by atoms with E-state index in [2.05, 4.69) is 151 Å². The first kappa shape index (κ1) is 56.5. The molecule has 0 atom stereocenters. The Bertz CT molecular complexity index is 5530. The van der Waals surface area contributed by atoms with E-state index in [1.165, 1.54) is 81.4 Å². The molecule has 0 fully saturated rings. The highest BCUT2D eigenvalue weighted by Crippen LogP contribution is 2.52. The summed E-state index contributed by atoms with van der Waals surface area (Å²) in [5, 5.41) is 20.8. The van der Waals surface area contributed by atoms with Crippen LogP contribution in [0.15, 0.2) is 252 Å². The number of aromatic nitrogens is 4. The molecule has 0 radical (unpaired) electrons. The fraction of sp³-hybridized carbons (Fsp3) is 0.123. The van der Waals surface area contributed by atoms with Crippen molar-refractivity contribution >= 4 is 151 Å². The minimum atomic E-state index is -2.86. The van der Waals surface area contributed by atoms with E-state index in [9.17, 15) is 4.79 Å². The Morgan fingerprint density at radius 2 is 0.892 bits per heavy atom. The molecule has 0 saturated carbocycles. The molecule has 93 heavy (non-hydrogen) atoms. The number of benzene rings is 12. The second-order valence-corrected chi connectivity index (χ2v) is 28.0. The number of para-hydroxylation sites is 4. The molecule has 448 valence electrons. The molecule has 7 heterocycles. The van der Waals surface area contributed by atoms with E-state index < -0.39 is 15.1 Å². The Kier molecular flexibility index (Phi) is 13.6. The number of thiazole rings is 1. The molecular formula is C81H60AlN5O5S. The molecule has 0 amide bonds. The summed E-state index contributed by atoms with van der Waals surface area (Å²) in [6.45, 7) is 11.3. The second kappa shape index (κ2) is 22.4. The minimum Gasteiger partial charge on any atom is -0.576 e. The highest BCUT2D eigenvalue weighted by molar-refractivity contribution is 7.21. The van der Waals surface area contributed by atoms with Gasteiger partial charge in [-0.1, -0.05) is 179 Å². The number of anilines is 1. The summed E-state index contributed by atoms with van der Waals surface area (Å²) in [4.78, 5) is 33.9. The van der Waals surface area contributed by atoms with Gasteiger partial charge in [-0.25, -0.2) is 9.78 Å². The zero-order valence-corrected chi connectivity index (χ0v) is 53.7. The van der Waals surface area contributed by atoms with Crippen molar-refractivity contribution in [3.63, 3.8) is 0 Å². The molecule has 2 aliphatic rings. The summed E-state index contributed by atoms with van der Waals surface area (Å²) in [5.41, 5.74) is 8.10. The van der Waals surface area contributed by atoms with Crippen LogP contribution in [0, 0.1) is 0 Å². The smallest absolute Gasteiger partial charge is 0.576 e. The third kappa shape index (κ3) is 9.79. The summed E-state index contributed by atoms with van der Waals surface area (Å²) in [6, 6.07) is 77.2. The molecule has 19 rings (SSSR count). The first-order valence-electron chi connectivity index (χ1n) is 31.7. The molecule has 0 unspecified atom stereocenters. The molecule has 0 spiro atoms. The maximum Gasteiger partial charge on any atom is 1.20 e. The van der Waals surface area contributed by atoms with Crippen LogP contribution in [-0.2, 0) is 10.8 Å². The van der Waals surface area contributed by atoms with E-state index in [4.69, 9.17) is 20.8 Å². The lowest BCUT2D eigenvalue weighted by Crippen LogP contribution is -2.44.